The lowest BCUT2D eigenvalue weighted by atomic mass is 10.2. The molecule has 1 aromatic carbocycles. The number of carboxylic acids is 1. The van der Waals surface area contributed by atoms with Crippen LogP contribution in [0.5, 0.6) is 0 Å². The van der Waals surface area contributed by atoms with E-state index < -0.39 is 12.0 Å². The monoisotopic (exact) mass is 290 g/mol. The van der Waals surface area contributed by atoms with Gasteiger partial charge in [-0.1, -0.05) is 17.3 Å². The summed E-state index contributed by atoms with van der Waals surface area (Å²) in [7, 11) is 0. The number of amides is 2. The van der Waals surface area contributed by atoms with E-state index in [1.165, 1.54) is 12.1 Å². The summed E-state index contributed by atoms with van der Waals surface area (Å²) in [6.07, 6.45) is 0.422. The predicted octanol–water partition coefficient (Wildman–Crippen LogP) is 1.44. The average molecular weight is 290 g/mol. The van der Waals surface area contributed by atoms with Gasteiger partial charge in [-0.05, 0) is 12.1 Å². The number of hydrogen-bond donors (Lipinski definition) is 3. The van der Waals surface area contributed by atoms with E-state index in [2.05, 4.69) is 20.8 Å². The van der Waals surface area contributed by atoms with E-state index in [9.17, 15) is 9.59 Å². The number of hydrogen-bond acceptors (Lipinski definition) is 5. The molecule has 8 heteroatoms. The van der Waals surface area contributed by atoms with Gasteiger partial charge in [0.15, 0.2) is 5.82 Å². The third kappa shape index (κ3) is 4.03. The predicted molar refractivity (Wildman–Crippen MR) is 73.2 cm³/mol. The first-order valence-electron chi connectivity index (χ1n) is 6.22. The lowest BCUT2D eigenvalue weighted by Crippen LogP contribution is -2.31. The van der Waals surface area contributed by atoms with E-state index in [4.69, 9.17) is 9.63 Å². The molecular weight excluding hydrogens is 276 g/mol. The number of benzene rings is 1. The summed E-state index contributed by atoms with van der Waals surface area (Å²) in [6.45, 7) is 1.99. The second kappa shape index (κ2) is 6.51. The van der Waals surface area contributed by atoms with E-state index in [-0.39, 0.29) is 11.3 Å². The van der Waals surface area contributed by atoms with Crippen molar-refractivity contribution in [2.45, 2.75) is 13.3 Å². The number of nitrogens with zero attached hydrogens (tertiary/aromatic N) is 2. The van der Waals surface area contributed by atoms with Crippen LogP contribution in [0.4, 0.5) is 10.5 Å². The van der Waals surface area contributed by atoms with Crippen molar-refractivity contribution in [2.24, 2.45) is 0 Å². The fourth-order valence-corrected chi connectivity index (χ4v) is 1.68. The van der Waals surface area contributed by atoms with Crippen LogP contribution < -0.4 is 10.6 Å². The largest absolute Gasteiger partial charge is 0.478 e. The van der Waals surface area contributed by atoms with E-state index in [0.717, 1.165) is 0 Å². The summed E-state index contributed by atoms with van der Waals surface area (Å²) >= 11 is 0. The highest BCUT2D eigenvalue weighted by molar-refractivity contribution is 5.99. The Kier molecular flexibility index (Phi) is 4.50. The van der Waals surface area contributed by atoms with Gasteiger partial charge in [0, 0.05) is 19.9 Å². The second-order valence-corrected chi connectivity index (χ2v) is 4.21. The number of carboxylic acid groups (broad SMARTS) is 1. The van der Waals surface area contributed by atoms with Crippen molar-refractivity contribution >= 4 is 17.7 Å². The Bertz CT molecular complexity index is 653. The quantitative estimate of drug-likeness (QED) is 0.767. The molecule has 0 unspecified atom stereocenters. The van der Waals surface area contributed by atoms with Crippen molar-refractivity contribution in [3.8, 4) is 0 Å². The first kappa shape index (κ1) is 14.5. The van der Waals surface area contributed by atoms with E-state index in [1.54, 1.807) is 19.1 Å². The molecule has 0 aliphatic rings. The number of nitrogens with one attached hydrogen (secondary N) is 2. The normalized spacial score (nSPS) is 10.1. The third-order valence-corrected chi connectivity index (χ3v) is 2.61. The summed E-state index contributed by atoms with van der Waals surface area (Å²) in [4.78, 5) is 26.7. The number of rotatable bonds is 5. The zero-order valence-corrected chi connectivity index (χ0v) is 11.3. The molecule has 2 rings (SSSR count). The average Bonchev–Trinajstić information content (AvgIpc) is 2.85. The summed E-state index contributed by atoms with van der Waals surface area (Å²) in [6, 6.07) is 5.67. The number of carbonyl (C=O) groups excluding carboxylic acids is 1. The Morgan fingerprint density at radius 3 is 2.76 bits per heavy atom. The molecule has 8 nitrogen and oxygen atoms in total. The minimum atomic E-state index is -1.10. The Morgan fingerprint density at radius 2 is 2.10 bits per heavy atom. The zero-order chi connectivity index (χ0) is 15.2. The maximum atomic E-state index is 11.7. The number of carbonyl (C=O) groups is 2. The molecule has 0 bridgehead atoms. The summed E-state index contributed by atoms with van der Waals surface area (Å²) < 4.78 is 4.81. The van der Waals surface area contributed by atoms with Crippen LogP contribution in [-0.2, 0) is 6.42 Å². The molecule has 0 atom stereocenters. The molecule has 1 aromatic heterocycles. The van der Waals surface area contributed by atoms with Crippen LogP contribution in [0.1, 0.15) is 22.1 Å². The SMILES string of the molecule is Cc1nc(CCNC(=O)Nc2ccccc2C(=O)O)no1. The van der Waals surface area contributed by atoms with Gasteiger partial charge in [-0.3, -0.25) is 0 Å². The second-order valence-electron chi connectivity index (χ2n) is 4.21. The summed E-state index contributed by atoms with van der Waals surface area (Å²) in [5.74, 6) is -0.142. The lowest BCUT2D eigenvalue weighted by molar-refractivity contribution is 0.0698. The summed E-state index contributed by atoms with van der Waals surface area (Å²) in [5.41, 5.74) is 0.263. The highest BCUT2D eigenvalue weighted by Crippen LogP contribution is 2.14. The molecule has 2 amide bonds. The minimum Gasteiger partial charge on any atom is -0.478 e. The smallest absolute Gasteiger partial charge is 0.337 e. The summed E-state index contributed by atoms with van der Waals surface area (Å²) in [5, 5.41) is 17.8. The van der Waals surface area contributed by atoms with Crippen LogP contribution in [0, 0.1) is 6.92 Å². The first-order valence-corrected chi connectivity index (χ1v) is 6.22. The van der Waals surface area contributed by atoms with Crippen LogP contribution in [0.25, 0.3) is 0 Å². The van der Waals surface area contributed by atoms with Crippen molar-refractivity contribution in [3.05, 3.63) is 41.5 Å². The number of urea groups is 1. The molecular formula is C13H14N4O4. The third-order valence-electron chi connectivity index (χ3n) is 2.61. The Balaban J connectivity index is 1.86. The van der Waals surface area contributed by atoms with Gasteiger partial charge in [0.05, 0.1) is 11.3 Å². The molecule has 0 fully saturated rings. The Hall–Kier alpha value is -2.90. The molecule has 0 aliphatic heterocycles. The van der Waals surface area contributed by atoms with Gasteiger partial charge >= 0.3 is 12.0 Å². The lowest BCUT2D eigenvalue weighted by Gasteiger charge is -2.09. The number of aryl methyl sites for hydroxylation is 1. The highest BCUT2D eigenvalue weighted by atomic mass is 16.5. The van der Waals surface area contributed by atoms with Crippen LogP contribution in [0.2, 0.25) is 0 Å². The molecule has 3 N–H and O–H groups in total. The van der Waals surface area contributed by atoms with E-state index in [1.807, 2.05) is 0 Å². The standard InChI is InChI=1S/C13H14N4O4/c1-8-15-11(17-21-8)6-7-14-13(20)16-10-5-3-2-4-9(10)12(18)19/h2-5H,6-7H2,1H3,(H,18,19)(H2,14,16,20). The van der Waals surface area contributed by atoms with Crippen molar-refractivity contribution in [2.75, 3.05) is 11.9 Å². The van der Waals surface area contributed by atoms with Crippen LogP contribution in [0.3, 0.4) is 0 Å². The van der Waals surface area contributed by atoms with E-state index in [0.29, 0.717) is 24.7 Å². The number of para-hydroxylation sites is 1. The van der Waals surface area contributed by atoms with Crippen molar-refractivity contribution < 1.29 is 19.2 Å². The van der Waals surface area contributed by atoms with Crippen molar-refractivity contribution in [1.82, 2.24) is 15.5 Å². The van der Waals surface area contributed by atoms with Crippen molar-refractivity contribution in [3.63, 3.8) is 0 Å². The maximum Gasteiger partial charge on any atom is 0.337 e. The van der Waals surface area contributed by atoms with Gasteiger partial charge in [-0.25, -0.2) is 9.59 Å². The van der Waals surface area contributed by atoms with Gasteiger partial charge in [0.2, 0.25) is 5.89 Å². The molecule has 2 aromatic rings. The number of aromatic carboxylic acids is 1. The molecule has 0 saturated heterocycles. The Labute approximate surface area is 120 Å². The van der Waals surface area contributed by atoms with Gasteiger partial charge in [-0.2, -0.15) is 4.98 Å². The molecule has 21 heavy (non-hydrogen) atoms. The van der Waals surface area contributed by atoms with Gasteiger partial charge in [-0.15, -0.1) is 0 Å². The molecule has 0 saturated carbocycles. The number of anilines is 1. The molecule has 0 radical (unpaired) electrons. The molecule has 110 valence electrons. The highest BCUT2D eigenvalue weighted by Gasteiger charge is 2.11. The fraction of sp³-hybridized carbons (Fsp3) is 0.231. The topological polar surface area (TPSA) is 117 Å². The van der Waals surface area contributed by atoms with Crippen molar-refractivity contribution in [1.29, 1.82) is 0 Å². The van der Waals surface area contributed by atoms with Gasteiger partial charge < -0.3 is 20.3 Å². The minimum absolute atomic E-state index is 0.0291. The maximum absolute atomic E-state index is 11.7. The molecule has 0 aliphatic carbocycles. The number of aromatic nitrogens is 2. The molecule has 1 heterocycles. The fourth-order valence-electron chi connectivity index (χ4n) is 1.68. The van der Waals surface area contributed by atoms with Gasteiger partial charge in [0.1, 0.15) is 0 Å². The van der Waals surface area contributed by atoms with Crippen LogP contribution in [0.15, 0.2) is 28.8 Å². The first-order chi connectivity index (χ1) is 10.1. The van der Waals surface area contributed by atoms with E-state index >= 15 is 0 Å². The van der Waals surface area contributed by atoms with Gasteiger partial charge in [0.25, 0.3) is 0 Å². The van der Waals surface area contributed by atoms with Crippen LogP contribution in [-0.4, -0.2) is 33.8 Å². The molecule has 0 spiro atoms. The zero-order valence-electron chi connectivity index (χ0n) is 11.3. The van der Waals surface area contributed by atoms with Crippen LogP contribution >= 0.6 is 0 Å². The Morgan fingerprint density at radius 1 is 1.33 bits per heavy atom.